The van der Waals surface area contributed by atoms with Gasteiger partial charge in [0.05, 0.1) is 5.52 Å². The summed E-state index contributed by atoms with van der Waals surface area (Å²) in [7, 11) is 1.90. The molecule has 3 aliphatic rings. The van der Waals surface area contributed by atoms with Gasteiger partial charge in [-0.05, 0) is 61.2 Å². The van der Waals surface area contributed by atoms with E-state index in [1.165, 1.54) is 30.8 Å². The fourth-order valence-electron chi connectivity index (χ4n) is 6.00. The monoisotopic (exact) mass is 516 g/mol. The Labute approximate surface area is 222 Å². The molecule has 4 heterocycles. The van der Waals surface area contributed by atoms with Crippen molar-refractivity contribution in [2.45, 2.75) is 19.3 Å². The second kappa shape index (κ2) is 10.2. The molecule has 0 saturated carbocycles. The van der Waals surface area contributed by atoms with Crippen LogP contribution < -0.4 is 25.8 Å². The number of nitrogens with two attached hydrogens (primary N) is 1. The Balaban J connectivity index is 1.04. The fraction of sp³-hybridized carbons (Fsp3) is 0.464. The normalized spacial score (nSPS) is 19.9. The molecule has 0 spiro atoms. The van der Waals surface area contributed by atoms with Crippen LogP contribution in [0.2, 0.25) is 0 Å². The Kier molecular flexibility index (Phi) is 6.57. The molecule has 3 fully saturated rings. The second-order valence-electron chi connectivity index (χ2n) is 10.7. The third-order valence-corrected chi connectivity index (χ3v) is 8.25. The van der Waals surface area contributed by atoms with Gasteiger partial charge in [-0.2, -0.15) is 5.10 Å². The van der Waals surface area contributed by atoms with Gasteiger partial charge < -0.3 is 15.5 Å². The number of aromatic nitrogens is 2. The number of amides is 3. The highest BCUT2D eigenvalue weighted by molar-refractivity contribution is 6.09. The van der Waals surface area contributed by atoms with Crippen molar-refractivity contribution >= 4 is 45.7 Å². The first-order valence-electron chi connectivity index (χ1n) is 13.6. The number of urea groups is 1. The van der Waals surface area contributed by atoms with E-state index in [4.69, 9.17) is 5.73 Å². The highest BCUT2D eigenvalue weighted by atomic mass is 16.2. The van der Waals surface area contributed by atoms with Crippen LogP contribution in [0.25, 0.3) is 10.9 Å². The number of carbonyl (C=O) groups is 2. The lowest BCUT2D eigenvalue weighted by Crippen LogP contribution is -2.49. The van der Waals surface area contributed by atoms with E-state index in [1.54, 1.807) is 4.90 Å². The summed E-state index contributed by atoms with van der Waals surface area (Å²) in [4.78, 5) is 33.0. The van der Waals surface area contributed by atoms with Gasteiger partial charge in [-0.1, -0.05) is 0 Å². The van der Waals surface area contributed by atoms with E-state index in [0.717, 1.165) is 61.8 Å². The smallest absolute Gasteiger partial charge is 0.329 e. The summed E-state index contributed by atoms with van der Waals surface area (Å²) in [5.41, 5.74) is 10.1. The molecule has 0 unspecified atom stereocenters. The molecular weight excluding hydrogens is 480 g/mol. The van der Waals surface area contributed by atoms with Crippen LogP contribution in [0.4, 0.5) is 27.7 Å². The number of imide groups is 1. The minimum absolute atomic E-state index is 0.239. The second-order valence-corrected chi connectivity index (χ2v) is 10.7. The lowest BCUT2D eigenvalue weighted by molar-refractivity contribution is -0.120. The van der Waals surface area contributed by atoms with Crippen molar-refractivity contribution in [3.05, 3.63) is 42.5 Å². The van der Waals surface area contributed by atoms with Gasteiger partial charge in [0.25, 0.3) is 0 Å². The van der Waals surface area contributed by atoms with Gasteiger partial charge in [0.2, 0.25) is 5.91 Å². The SMILES string of the molecule is Cn1nc(N2CCC(=O)NC2=O)c2ccc(N3CCN(CC4CCN(c5ccc(N)cc5)CC4)CC3)cc21. The molecule has 0 radical (unpaired) electrons. The summed E-state index contributed by atoms with van der Waals surface area (Å²) in [6.07, 6.45) is 2.74. The number of nitrogens with one attached hydrogen (secondary N) is 1. The molecule has 0 aliphatic carbocycles. The Morgan fingerprint density at radius 3 is 2.29 bits per heavy atom. The molecule has 1 aromatic heterocycles. The third kappa shape index (κ3) is 4.88. The predicted molar refractivity (Wildman–Crippen MR) is 151 cm³/mol. The number of piperazine rings is 1. The minimum atomic E-state index is -0.405. The van der Waals surface area contributed by atoms with E-state index in [-0.39, 0.29) is 12.3 Å². The summed E-state index contributed by atoms with van der Waals surface area (Å²) < 4.78 is 1.82. The lowest BCUT2D eigenvalue weighted by atomic mass is 9.95. The molecule has 10 nitrogen and oxygen atoms in total. The summed E-state index contributed by atoms with van der Waals surface area (Å²) >= 11 is 0. The van der Waals surface area contributed by atoms with Gasteiger partial charge in [0.15, 0.2) is 5.82 Å². The van der Waals surface area contributed by atoms with Gasteiger partial charge in [0.1, 0.15) is 0 Å². The molecule has 2 aromatic carbocycles. The van der Waals surface area contributed by atoms with Crippen LogP contribution in [0.15, 0.2) is 42.5 Å². The van der Waals surface area contributed by atoms with E-state index in [0.29, 0.717) is 12.4 Å². The van der Waals surface area contributed by atoms with Crippen LogP contribution in [0.3, 0.4) is 0 Å². The van der Waals surface area contributed by atoms with Crippen molar-refractivity contribution in [2.75, 3.05) is 72.8 Å². The summed E-state index contributed by atoms with van der Waals surface area (Å²) in [5, 5.41) is 7.93. The van der Waals surface area contributed by atoms with Crippen LogP contribution in [0.5, 0.6) is 0 Å². The van der Waals surface area contributed by atoms with Crippen LogP contribution in [0.1, 0.15) is 19.3 Å². The van der Waals surface area contributed by atoms with Gasteiger partial charge in [-0.3, -0.25) is 24.6 Å². The van der Waals surface area contributed by atoms with E-state index < -0.39 is 6.03 Å². The molecule has 6 rings (SSSR count). The lowest BCUT2D eigenvalue weighted by Gasteiger charge is -2.40. The maximum atomic E-state index is 12.4. The number of carbonyl (C=O) groups excluding carboxylic acids is 2. The molecule has 3 N–H and O–H groups in total. The van der Waals surface area contributed by atoms with E-state index >= 15 is 0 Å². The zero-order valence-electron chi connectivity index (χ0n) is 22.0. The number of hydrogen-bond acceptors (Lipinski definition) is 7. The molecule has 3 amide bonds. The van der Waals surface area contributed by atoms with E-state index in [9.17, 15) is 9.59 Å². The van der Waals surface area contributed by atoms with Crippen molar-refractivity contribution in [3.8, 4) is 0 Å². The van der Waals surface area contributed by atoms with Gasteiger partial charge in [-0.15, -0.1) is 0 Å². The Morgan fingerprint density at radius 1 is 0.895 bits per heavy atom. The van der Waals surface area contributed by atoms with Crippen molar-refractivity contribution in [1.29, 1.82) is 0 Å². The molecular formula is C28H36N8O2. The molecule has 3 saturated heterocycles. The maximum Gasteiger partial charge on any atom is 0.329 e. The highest BCUT2D eigenvalue weighted by Gasteiger charge is 2.29. The standard InChI is InChI=1S/C28H36N8O2/c1-32-25-18-23(6-7-24(25)27(31-32)36-13-10-26(37)30-28(36)38)35-16-14-33(15-17-35)19-20-8-11-34(12-9-20)22-4-2-21(29)3-5-22/h2-7,18,20H,8-17,19,29H2,1H3,(H,30,37,38). The number of nitrogen functional groups attached to an aromatic ring is 1. The van der Waals surface area contributed by atoms with Crippen LogP contribution >= 0.6 is 0 Å². The summed E-state index contributed by atoms with van der Waals surface area (Å²) in [5.74, 6) is 1.11. The zero-order valence-corrected chi connectivity index (χ0v) is 22.0. The average Bonchev–Trinajstić information content (AvgIpc) is 3.25. The maximum absolute atomic E-state index is 12.4. The van der Waals surface area contributed by atoms with E-state index in [2.05, 4.69) is 55.4 Å². The molecule has 0 bridgehead atoms. The first-order chi connectivity index (χ1) is 18.4. The predicted octanol–water partition coefficient (Wildman–Crippen LogP) is 2.64. The molecule has 38 heavy (non-hydrogen) atoms. The number of hydrogen-bond donors (Lipinski definition) is 2. The first kappa shape index (κ1) is 24.5. The molecule has 200 valence electrons. The van der Waals surface area contributed by atoms with Crippen LogP contribution in [0, 0.1) is 5.92 Å². The highest BCUT2D eigenvalue weighted by Crippen LogP contribution is 2.31. The van der Waals surface area contributed by atoms with Crippen LogP contribution in [-0.4, -0.2) is 79.0 Å². The zero-order chi connectivity index (χ0) is 26.2. The number of nitrogens with zero attached hydrogens (tertiary/aromatic N) is 6. The van der Waals surface area contributed by atoms with Crippen molar-refractivity contribution in [2.24, 2.45) is 13.0 Å². The van der Waals surface area contributed by atoms with Gasteiger partial charge >= 0.3 is 6.03 Å². The molecule has 3 aliphatic heterocycles. The number of rotatable bonds is 5. The van der Waals surface area contributed by atoms with Crippen molar-refractivity contribution in [1.82, 2.24) is 20.0 Å². The van der Waals surface area contributed by atoms with Gasteiger partial charge in [0, 0.05) is 88.3 Å². The van der Waals surface area contributed by atoms with Crippen LogP contribution in [-0.2, 0) is 11.8 Å². The number of piperidine rings is 1. The Bertz CT molecular complexity index is 1320. The quantitative estimate of drug-likeness (QED) is 0.503. The van der Waals surface area contributed by atoms with Gasteiger partial charge in [-0.25, -0.2) is 4.79 Å². The minimum Gasteiger partial charge on any atom is -0.399 e. The Morgan fingerprint density at radius 2 is 1.58 bits per heavy atom. The largest absolute Gasteiger partial charge is 0.399 e. The van der Waals surface area contributed by atoms with E-state index in [1.807, 2.05) is 23.9 Å². The molecule has 3 aromatic rings. The molecule has 0 atom stereocenters. The number of fused-ring (bicyclic) bond motifs is 1. The van der Waals surface area contributed by atoms with Crippen molar-refractivity contribution < 1.29 is 9.59 Å². The number of aryl methyl sites for hydroxylation is 1. The summed E-state index contributed by atoms with van der Waals surface area (Å²) in [6.45, 7) is 7.86. The third-order valence-electron chi connectivity index (χ3n) is 8.25. The number of benzene rings is 2. The fourth-order valence-corrected chi connectivity index (χ4v) is 6.00. The average molecular weight is 517 g/mol. The summed E-state index contributed by atoms with van der Waals surface area (Å²) in [6, 6.07) is 14.2. The molecule has 10 heteroatoms. The Hall–Kier alpha value is -3.79. The first-order valence-corrected chi connectivity index (χ1v) is 13.6. The topological polar surface area (TPSA) is 103 Å². The number of anilines is 4. The van der Waals surface area contributed by atoms with Crippen molar-refractivity contribution in [3.63, 3.8) is 0 Å².